The summed E-state index contributed by atoms with van der Waals surface area (Å²) in [4.78, 5) is 12.8. The first-order chi connectivity index (χ1) is 19.4. The summed E-state index contributed by atoms with van der Waals surface area (Å²) in [6.07, 6.45) is 9.61. The van der Waals surface area contributed by atoms with E-state index in [1.807, 2.05) is 0 Å². The summed E-state index contributed by atoms with van der Waals surface area (Å²) in [6, 6.07) is 7.92. The van der Waals surface area contributed by atoms with Crippen LogP contribution in [0.2, 0.25) is 0 Å². The minimum absolute atomic E-state index is 0.00524. The largest absolute Gasteiger partial charge is 0.493 e. The molecule has 0 atom stereocenters. The molecule has 0 heterocycles. The summed E-state index contributed by atoms with van der Waals surface area (Å²) >= 11 is 0. The van der Waals surface area contributed by atoms with Gasteiger partial charge in [-0.1, -0.05) is 38.8 Å². The van der Waals surface area contributed by atoms with Crippen LogP contribution in [0.15, 0.2) is 30.3 Å². The van der Waals surface area contributed by atoms with Crippen LogP contribution in [0.1, 0.15) is 114 Å². The highest BCUT2D eigenvalue weighted by Gasteiger charge is 2.32. The van der Waals surface area contributed by atoms with Gasteiger partial charge < -0.3 is 14.2 Å². The van der Waals surface area contributed by atoms with Gasteiger partial charge in [0.2, 0.25) is 5.82 Å². The second kappa shape index (κ2) is 14.9. The number of carbonyl (C=O) groups excluding carboxylic acids is 1. The van der Waals surface area contributed by atoms with Crippen molar-refractivity contribution in [2.45, 2.75) is 109 Å². The third-order valence-electron chi connectivity index (χ3n) is 8.49. The van der Waals surface area contributed by atoms with E-state index < -0.39 is 23.5 Å². The maximum absolute atomic E-state index is 15.0. The van der Waals surface area contributed by atoms with Crippen LogP contribution in [0.3, 0.4) is 0 Å². The maximum atomic E-state index is 15.0. The Bertz CT molecular complexity index is 1110. The third kappa shape index (κ3) is 7.80. The zero-order valence-corrected chi connectivity index (χ0v) is 23.9. The van der Waals surface area contributed by atoms with Crippen molar-refractivity contribution in [3.05, 3.63) is 58.9 Å². The smallest absolute Gasteiger partial charge is 0.314 e. The molecule has 0 radical (unpaired) electrons. The van der Waals surface area contributed by atoms with Gasteiger partial charge in [0.25, 0.3) is 0 Å². The lowest BCUT2D eigenvalue weighted by molar-refractivity contribution is -0.140. The standard InChI is InChI=1S/C33H43F3O4/c1-3-5-19-38-25-13-11-23(12-14-25)28-17-18-30(32(36)31(28)35)40-33(37)24-9-7-22(8-10-24)27-16-15-26(21-29(27)34)39-20-6-4-2/h15-18,21-25H,3-14,19-20H2,1-2H3. The van der Waals surface area contributed by atoms with Crippen LogP contribution in [0.5, 0.6) is 11.5 Å². The number of hydrogen-bond donors (Lipinski definition) is 0. The molecule has 40 heavy (non-hydrogen) atoms. The minimum Gasteiger partial charge on any atom is -0.493 e. The van der Waals surface area contributed by atoms with Gasteiger partial charge in [0, 0.05) is 12.7 Å². The van der Waals surface area contributed by atoms with Crippen LogP contribution in [-0.2, 0) is 9.53 Å². The van der Waals surface area contributed by atoms with E-state index in [-0.39, 0.29) is 29.5 Å². The van der Waals surface area contributed by atoms with E-state index >= 15 is 4.39 Å². The molecular formula is C33H43F3O4. The van der Waals surface area contributed by atoms with Crippen LogP contribution in [0.4, 0.5) is 13.2 Å². The Morgan fingerprint density at radius 1 is 0.775 bits per heavy atom. The molecule has 2 aliphatic carbocycles. The predicted octanol–water partition coefficient (Wildman–Crippen LogP) is 9.01. The van der Waals surface area contributed by atoms with Crippen molar-refractivity contribution in [3.8, 4) is 11.5 Å². The molecule has 2 aromatic rings. The highest BCUT2D eigenvalue weighted by molar-refractivity contribution is 5.75. The number of hydrogen-bond acceptors (Lipinski definition) is 4. The highest BCUT2D eigenvalue weighted by atomic mass is 19.2. The van der Waals surface area contributed by atoms with Gasteiger partial charge in [-0.05, 0) is 99.3 Å². The van der Waals surface area contributed by atoms with E-state index in [1.165, 1.54) is 12.1 Å². The SMILES string of the molecule is CCCCOc1ccc(C2CCC(C(=O)Oc3ccc(C4CCC(OCCCC)CC4)c(F)c3F)CC2)c(F)c1. The number of carbonyl (C=O) groups is 1. The quantitative estimate of drug-likeness (QED) is 0.148. The number of unbranched alkanes of at least 4 members (excludes halogenated alkanes) is 2. The monoisotopic (exact) mass is 560 g/mol. The number of rotatable bonds is 12. The van der Waals surface area contributed by atoms with E-state index in [2.05, 4.69) is 13.8 Å². The van der Waals surface area contributed by atoms with Crippen LogP contribution in [0.25, 0.3) is 0 Å². The van der Waals surface area contributed by atoms with Crippen molar-refractivity contribution in [2.24, 2.45) is 5.92 Å². The fraction of sp³-hybridized carbons (Fsp3) is 0.606. The van der Waals surface area contributed by atoms with E-state index in [0.717, 1.165) is 58.0 Å². The molecule has 7 heteroatoms. The lowest BCUT2D eigenvalue weighted by Gasteiger charge is -2.29. The Morgan fingerprint density at radius 2 is 1.40 bits per heavy atom. The Hall–Kier alpha value is -2.54. The first-order valence-electron chi connectivity index (χ1n) is 15.1. The lowest BCUT2D eigenvalue weighted by atomic mass is 9.78. The van der Waals surface area contributed by atoms with Gasteiger partial charge in [-0.3, -0.25) is 4.79 Å². The average Bonchev–Trinajstić information content (AvgIpc) is 2.96. The van der Waals surface area contributed by atoms with Gasteiger partial charge in [0.15, 0.2) is 11.6 Å². The van der Waals surface area contributed by atoms with Crippen LogP contribution in [0, 0.1) is 23.4 Å². The normalized spacial score (nSPS) is 23.1. The van der Waals surface area contributed by atoms with Crippen LogP contribution >= 0.6 is 0 Å². The molecule has 2 aliphatic rings. The number of ether oxygens (including phenoxy) is 3. The Kier molecular flexibility index (Phi) is 11.3. The summed E-state index contributed by atoms with van der Waals surface area (Å²) in [5.41, 5.74) is 0.966. The van der Waals surface area contributed by atoms with Gasteiger partial charge in [0.05, 0.1) is 18.6 Å². The molecule has 4 nitrogen and oxygen atoms in total. The van der Waals surface area contributed by atoms with Crippen LogP contribution in [-0.4, -0.2) is 25.3 Å². The molecule has 2 fully saturated rings. The zero-order valence-electron chi connectivity index (χ0n) is 23.9. The van der Waals surface area contributed by atoms with E-state index in [1.54, 1.807) is 18.2 Å². The fourth-order valence-electron chi connectivity index (χ4n) is 5.97. The van der Waals surface area contributed by atoms with Crippen molar-refractivity contribution >= 4 is 5.97 Å². The van der Waals surface area contributed by atoms with Gasteiger partial charge in [-0.25, -0.2) is 8.78 Å². The van der Waals surface area contributed by atoms with Gasteiger partial charge in [-0.2, -0.15) is 4.39 Å². The topological polar surface area (TPSA) is 44.8 Å². The molecule has 0 aliphatic heterocycles. The second-order valence-electron chi connectivity index (χ2n) is 11.3. The van der Waals surface area contributed by atoms with Crippen LogP contribution < -0.4 is 9.47 Å². The van der Waals surface area contributed by atoms with Gasteiger partial charge in [0.1, 0.15) is 11.6 Å². The molecular weight excluding hydrogens is 517 g/mol. The van der Waals surface area contributed by atoms with Crippen molar-refractivity contribution < 1.29 is 32.2 Å². The first kappa shape index (κ1) is 30.4. The maximum Gasteiger partial charge on any atom is 0.314 e. The van der Waals surface area contributed by atoms with Gasteiger partial charge in [-0.15, -0.1) is 0 Å². The summed E-state index contributed by atoms with van der Waals surface area (Å²) in [6.45, 7) is 5.50. The number of benzene rings is 2. The second-order valence-corrected chi connectivity index (χ2v) is 11.3. The summed E-state index contributed by atoms with van der Waals surface area (Å²) < 4.78 is 61.6. The average molecular weight is 561 g/mol. The Morgan fingerprint density at radius 3 is 2.08 bits per heavy atom. The molecule has 220 valence electrons. The van der Waals surface area contributed by atoms with E-state index in [4.69, 9.17) is 14.2 Å². The molecule has 0 aromatic heterocycles. The molecule has 0 bridgehead atoms. The molecule has 0 saturated heterocycles. The highest BCUT2D eigenvalue weighted by Crippen LogP contribution is 2.40. The molecule has 0 N–H and O–H groups in total. The molecule has 2 aromatic carbocycles. The Labute approximate surface area is 236 Å². The number of halogens is 3. The molecule has 0 amide bonds. The lowest BCUT2D eigenvalue weighted by Crippen LogP contribution is -2.26. The third-order valence-corrected chi connectivity index (χ3v) is 8.49. The van der Waals surface area contributed by atoms with Gasteiger partial charge >= 0.3 is 5.97 Å². The van der Waals surface area contributed by atoms with Crippen molar-refractivity contribution in [1.29, 1.82) is 0 Å². The van der Waals surface area contributed by atoms with E-state index in [0.29, 0.717) is 49.2 Å². The molecule has 2 saturated carbocycles. The summed E-state index contributed by atoms with van der Waals surface area (Å²) in [7, 11) is 0. The summed E-state index contributed by atoms with van der Waals surface area (Å²) in [5.74, 6) is -3.24. The predicted molar refractivity (Wildman–Crippen MR) is 149 cm³/mol. The molecule has 0 spiro atoms. The first-order valence-corrected chi connectivity index (χ1v) is 15.1. The number of esters is 1. The van der Waals surface area contributed by atoms with Crippen molar-refractivity contribution in [3.63, 3.8) is 0 Å². The Balaban J connectivity index is 1.28. The summed E-state index contributed by atoms with van der Waals surface area (Å²) in [5, 5.41) is 0. The zero-order chi connectivity index (χ0) is 28.5. The minimum atomic E-state index is -1.11. The fourth-order valence-corrected chi connectivity index (χ4v) is 5.97. The molecule has 4 rings (SSSR count). The van der Waals surface area contributed by atoms with E-state index in [9.17, 15) is 13.6 Å². The van der Waals surface area contributed by atoms with Crippen molar-refractivity contribution in [1.82, 2.24) is 0 Å². The van der Waals surface area contributed by atoms with Crippen molar-refractivity contribution in [2.75, 3.05) is 13.2 Å². The molecule has 0 unspecified atom stereocenters.